The number of para-hydroxylation sites is 1. The van der Waals surface area contributed by atoms with Crippen molar-refractivity contribution in [2.75, 3.05) is 19.7 Å². The van der Waals surface area contributed by atoms with E-state index in [2.05, 4.69) is 5.32 Å². The second-order valence-corrected chi connectivity index (χ2v) is 8.66. The molecule has 4 aromatic rings. The summed E-state index contributed by atoms with van der Waals surface area (Å²) in [5.74, 6) is 1.23. The monoisotopic (exact) mass is 480 g/mol. The number of hydrogen-bond donors (Lipinski definition) is 1. The third kappa shape index (κ3) is 5.30. The second kappa shape index (κ2) is 10.9. The van der Waals surface area contributed by atoms with E-state index in [-0.39, 0.29) is 17.9 Å². The number of nitrogens with one attached hydrogen (secondary N) is 1. The average molecular weight is 481 g/mol. The van der Waals surface area contributed by atoms with E-state index in [1.165, 1.54) is 0 Å². The Kier molecular flexibility index (Phi) is 7.07. The Hall–Kier alpha value is -4.39. The summed E-state index contributed by atoms with van der Waals surface area (Å²) in [5.41, 5.74) is 2.28. The minimum Gasteiger partial charge on any atom is -0.492 e. The molecule has 5 rings (SSSR count). The van der Waals surface area contributed by atoms with Crippen LogP contribution < -0.4 is 10.1 Å². The van der Waals surface area contributed by atoms with Crippen molar-refractivity contribution < 1.29 is 14.3 Å². The zero-order valence-corrected chi connectivity index (χ0v) is 19.9. The largest absolute Gasteiger partial charge is 0.492 e. The van der Waals surface area contributed by atoms with Crippen LogP contribution in [0.15, 0.2) is 97.2 Å². The van der Waals surface area contributed by atoms with Crippen molar-refractivity contribution in [1.29, 1.82) is 0 Å². The molecule has 0 saturated heterocycles. The van der Waals surface area contributed by atoms with Gasteiger partial charge in [-0.15, -0.1) is 0 Å². The van der Waals surface area contributed by atoms with E-state index < -0.39 is 0 Å². The molecule has 2 amide bonds. The Labute approximate surface area is 210 Å². The number of ether oxygens (including phenoxy) is 1. The summed E-state index contributed by atoms with van der Waals surface area (Å²) >= 11 is 0. The highest BCUT2D eigenvalue weighted by atomic mass is 16.5. The first-order chi connectivity index (χ1) is 17.7. The lowest BCUT2D eigenvalue weighted by Gasteiger charge is -2.36. The molecular formula is C29H28N4O3. The number of aromatic nitrogens is 2. The average Bonchev–Trinajstić information content (AvgIpc) is 3.37. The van der Waals surface area contributed by atoms with Crippen LogP contribution in [0.2, 0.25) is 0 Å². The number of fused-ring (bicyclic) bond motifs is 1. The predicted octanol–water partition coefficient (Wildman–Crippen LogP) is 3.87. The quantitative estimate of drug-likeness (QED) is 0.389. The Bertz CT molecular complexity index is 1310. The van der Waals surface area contributed by atoms with Gasteiger partial charge in [-0.1, -0.05) is 78.9 Å². The summed E-state index contributed by atoms with van der Waals surface area (Å²) in [7, 11) is 0. The maximum atomic E-state index is 13.4. The van der Waals surface area contributed by atoms with Gasteiger partial charge in [0.25, 0.3) is 5.91 Å². The molecule has 0 aliphatic carbocycles. The molecule has 1 aliphatic heterocycles. The van der Waals surface area contributed by atoms with Crippen LogP contribution in [0.3, 0.4) is 0 Å². The van der Waals surface area contributed by atoms with Crippen LogP contribution in [0, 0.1) is 0 Å². The van der Waals surface area contributed by atoms with Gasteiger partial charge in [0, 0.05) is 19.3 Å². The molecule has 2 heterocycles. The van der Waals surface area contributed by atoms with Crippen LogP contribution in [-0.2, 0) is 17.8 Å². The van der Waals surface area contributed by atoms with Gasteiger partial charge in [-0.2, -0.15) is 0 Å². The standard InChI is InChI=1S/C29H28N4O3/c34-26(20-22-10-4-1-5-11-22)33-18-17-32-21-25(31-28(32)27(33)23-12-6-2-7-13-23)29(35)30-16-19-36-24-14-8-3-9-15-24/h1-15,21,27H,16-20H2,(H,30,35). The maximum Gasteiger partial charge on any atom is 0.271 e. The Morgan fingerprint density at radius 1 is 0.889 bits per heavy atom. The molecule has 182 valence electrons. The molecule has 0 radical (unpaired) electrons. The second-order valence-electron chi connectivity index (χ2n) is 8.66. The molecule has 3 aromatic carbocycles. The fourth-order valence-corrected chi connectivity index (χ4v) is 4.47. The lowest BCUT2D eigenvalue weighted by Crippen LogP contribution is -2.43. The fourth-order valence-electron chi connectivity index (χ4n) is 4.47. The lowest BCUT2D eigenvalue weighted by atomic mass is 10.0. The minimum atomic E-state index is -0.362. The summed E-state index contributed by atoms with van der Waals surface area (Å²) in [5, 5.41) is 2.88. The molecule has 0 saturated carbocycles. The smallest absolute Gasteiger partial charge is 0.271 e. The highest BCUT2D eigenvalue weighted by Gasteiger charge is 2.34. The summed E-state index contributed by atoms with van der Waals surface area (Å²) in [6, 6.07) is 28.7. The molecule has 7 nitrogen and oxygen atoms in total. The normalized spacial score (nSPS) is 14.7. The molecule has 1 unspecified atom stereocenters. The van der Waals surface area contributed by atoms with Crippen molar-refractivity contribution in [3.05, 3.63) is 120 Å². The van der Waals surface area contributed by atoms with Crippen LogP contribution in [0.1, 0.15) is 33.5 Å². The zero-order chi connectivity index (χ0) is 24.7. The summed E-state index contributed by atoms with van der Waals surface area (Å²) in [6.07, 6.45) is 2.09. The van der Waals surface area contributed by atoms with Gasteiger partial charge >= 0.3 is 0 Å². The van der Waals surface area contributed by atoms with E-state index in [1.54, 1.807) is 6.20 Å². The molecule has 7 heteroatoms. The van der Waals surface area contributed by atoms with Crippen LogP contribution in [0.5, 0.6) is 5.75 Å². The Morgan fingerprint density at radius 2 is 1.56 bits per heavy atom. The highest BCUT2D eigenvalue weighted by Crippen LogP contribution is 2.32. The van der Waals surface area contributed by atoms with Crippen molar-refractivity contribution in [3.8, 4) is 5.75 Å². The SMILES string of the molecule is O=C(NCCOc1ccccc1)c1cn2c(n1)C(c1ccccc1)N(C(=O)Cc1ccccc1)CC2. The van der Waals surface area contributed by atoms with Gasteiger partial charge in [0.1, 0.15) is 29.9 Å². The third-order valence-electron chi connectivity index (χ3n) is 6.21. The number of imidazole rings is 1. The molecule has 0 fully saturated rings. The van der Waals surface area contributed by atoms with Gasteiger partial charge < -0.3 is 19.5 Å². The first kappa shape index (κ1) is 23.4. The summed E-state index contributed by atoms with van der Waals surface area (Å²) in [6.45, 7) is 1.84. The van der Waals surface area contributed by atoms with Crippen molar-refractivity contribution in [2.24, 2.45) is 0 Å². The molecule has 1 N–H and O–H groups in total. The number of hydrogen-bond acceptors (Lipinski definition) is 4. The van der Waals surface area contributed by atoms with Crippen LogP contribution in [0.25, 0.3) is 0 Å². The molecule has 0 bridgehead atoms. The van der Waals surface area contributed by atoms with Crippen LogP contribution in [0.4, 0.5) is 0 Å². The number of nitrogens with zero attached hydrogens (tertiary/aromatic N) is 3. The van der Waals surface area contributed by atoms with E-state index in [4.69, 9.17) is 9.72 Å². The number of carbonyl (C=O) groups is 2. The number of carbonyl (C=O) groups excluding carboxylic acids is 2. The minimum absolute atomic E-state index is 0.0355. The Morgan fingerprint density at radius 3 is 2.28 bits per heavy atom. The fraction of sp³-hybridized carbons (Fsp3) is 0.207. The highest BCUT2D eigenvalue weighted by molar-refractivity contribution is 5.92. The first-order valence-electron chi connectivity index (χ1n) is 12.1. The van der Waals surface area contributed by atoms with Crippen molar-refractivity contribution in [1.82, 2.24) is 19.8 Å². The zero-order valence-electron chi connectivity index (χ0n) is 19.9. The van der Waals surface area contributed by atoms with E-state index >= 15 is 0 Å². The molecular weight excluding hydrogens is 452 g/mol. The topological polar surface area (TPSA) is 76.5 Å². The third-order valence-corrected chi connectivity index (χ3v) is 6.21. The number of amides is 2. The van der Waals surface area contributed by atoms with Gasteiger partial charge in [-0.3, -0.25) is 9.59 Å². The Balaban J connectivity index is 1.32. The van der Waals surface area contributed by atoms with E-state index in [1.807, 2.05) is 100 Å². The predicted molar refractivity (Wildman–Crippen MR) is 137 cm³/mol. The van der Waals surface area contributed by atoms with Gasteiger partial charge in [0.2, 0.25) is 5.91 Å². The van der Waals surface area contributed by atoms with Crippen molar-refractivity contribution in [3.63, 3.8) is 0 Å². The van der Waals surface area contributed by atoms with Gasteiger partial charge in [-0.05, 0) is 23.3 Å². The maximum absolute atomic E-state index is 13.4. The van der Waals surface area contributed by atoms with Gasteiger partial charge in [0.15, 0.2) is 0 Å². The summed E-state index contributed by atoms with van der Waals surface area (Å²) in [4.78, 5) is 32.8. The van der Waals surface area contributed by atoms with Crippen molar-refractivity contribution in [2.45, 2.75) is 19.0 Å². The molecule has 1 aliphatic rings. The van der Waals surface area contributed by atoms with Crippen LogP contribution >= 0.6 is 0 Å². The van der Waals surface area contributed by atoms with Gasteiger partial charge in [-0.25, -0.2) is 4.98 Å². The lowest BCUT2D eigenvalue weighted by molar-refractivity contribution is -0.133. The van der Waals surface area contributed by atoms with Gasteiger partial charge in [0.05, 0.1) is 13.0 Å². The molecule has 36 heavy (non-hydrogen) atoms. The molecule has 1 aromatic heterocycles. The van der Waals surface area contributed by atoms with E-state index in [0.717, 1.165) is 16.9 Å². The number of rotatable bonds is 8. The van der Waals surface area contributed by atoms with E-state index in [9.17, 15) is 9.59 Å². The first-order valence-corrected chi connectivity index (χ1v) is 12.1. The van der Waals surface area contributed by atoms with Crippen LogP contribution in [-0.4, -0.2) is 46.0 Å². The molecule has 0 spiro atoms. The number of benzene rings is 3. The van der Waals surface area contributed by atoms with E-state index in [0.29, 0.717) is 44.2 Å². The molecule has 1 atom stereocenters. The van der Waals surface area contributed by atoms with Crippen molar-refractivity contribution >= 4 is 11.8 Å². The summed E-state index contributed by atoms with van der Waals surface area (Å²) < 4.78 is 7.64.